The van der Waals surface area contributed by atoms with Gasteiger partial charge in [-0.25, -0.2) is 24.9 Å². The third kappa shape index (κ3) is 4.85. The zero-order valence-corrected chi connectivity index (χ0v) is 24.3. The number of imidazole rings is 1. The van der Waals surface area contributed by atoms with Crippen LogP contribution in [-0.2, 0) is 17.5 Å². The van der Waals surface area contributed by atoms with E-state index in [1.807, 2.05) is 0 Å². The van der Waals surface area contributed by atoms with Crippen molar-refractivity contribution in [2.45, 2.75) is 50.4 Å². The molecule has 0 N–H and O–H groups in total. The molecule has 8 rings (SSSR count). The highest BCUT2D eigenvalue weighted by Gasteiger charge is 2.51. The number of nitrogens with zero attached hydrogens (tertiary/aromatic N) is 7. The van der Waals surface area contributed by atoms with E-state index in [1.54, 1.807) is 45.7 Å². The van der Waals surface area contributed by atoms with Crippen molar-refractivity contribution in [3.05, 3.63) is 82.4 Å². The summed E-state index contributed by atoms with van der Waals surface area (Å²) < 4.78 is 55.1. The molecule has 4 aromatic heterocycles. The van der Waals surface area contributed by atoms with Gasteiger partial charge < -0.3 is 14.0 Å². The SMILES string of the molecule is COc1ncnc(C2CC2)c1-c1ncc2ccc(=O)n(Cc3ccc(-c4nc(C(F)(F)F)cn4C4CC5(COC5)C4)cc3)c2n1. The summed E-state index contributed by atoms with van der Waals surface area (Å²) in [5.74, 6) is 1.30. The fourth-order valence-corrected chi connectivity index (χ4v) is 6.48. The first-order valence-corrected chi connectivity index (χ1v) is 14.8. The van der Waals surface area contributed by atoms with E-state index >= 15 is 0 Å². The molecular formula is C32H28F3N7O3. The number of ether oxygens (including phenoxy) is 2. The van der Waals surface area contributed by atoms with Gasteiger partial charge in [0.15, 0.2) is 11.5 Å². The van der Waals surface area contributed by atoms with Crippen molar-refractivity contribution >= 4 is 11.0 Å². The minimum Gasteiger partial charge on any atom is -0.480 e. The van der Waals surface area contributed by atoms with Crippen LogP contribution in [0, 0.1) is 5.41 Å². The Bertz CT molecular complexity index is 1990. The molecule has 3 fully saturated rings. The molecule has 3 aliphatic rings. The number of hydrogen-bond acceptors (Lipinski definition) is 8. The minimum atomic E-state index is -4.55. The first-order valence-electron chi connectivity index (χ1n) is 14.8. The topological polar surface area (TPSA) is 110 Å². The summed E-state index contributed by atoms with van der Waals surface area (Å²) in [6.07, 6.45) is 3.26. The van der Waals surface area contributed by atoms with Crippen molar-refractivity contribution in [3.8, 4) is 28.7 Å². The van der Waals surface area contributed by atoms with E-state index < -0.39 is 11.9 Å². The molecule has 10 nitrogen and oxygen atoms in total. The molecule has 1 aliphatic heterocycles. The van der Waals surface area contributed by atoms with E-state index in [4.69, 9.17) is 14.5 Å². The van der Waals surface area contributed by atoms with Gasteiger partial charge in [0, 0.05) is 46.8 Å². The Morgan fingerprint density at radius 1 is 1.02 bits per heavy atom. The maximum absolute atomic E-state index is 13.7. The van der Waals surface area contributed by atoms with Crippen molar-refractivity contribution in [3.63, 3.8) is 0 Å². The van der Waals surface area contributed by atoms with Gasteiger partial charge in [0.25, 0.3) is 5.56 Å². The lowest BCUT2D eigenvalue weighted by molar-refractivity contribution is -0.174. The highest BCUT2D eigenvalue weighted by atomic mass is 19.4. The minimum absolute atomic E-state index is 0.0654. The van der Waals surface area contributed by atoms with Gasteiger partial charge >= 0.3 is 6.18 Å². The van der Waals surface area contributed by atoms with Gasteiger partial charge in [0.1, 0.15) is 23.4 Å². The number of fused-ring (bicyclic) bond motifs is 1. The fraction of sp³-hybridized carbons (Fsp3) is 0.375. The Labute approximate surface area is 254 Å². The molecule has 0 amide bonds. The summed E-state index contributed by atoms with van der Waals surface area (Å²) in [4.78, 5) is 35.3. The summed E-state index contributed by atoms with van der Waals surface area (Å²) in [5.41, 5.74) is 2.15. The van der Waals surface area contributed by atoms with Crippen molar-refractivity contribution in [2.75, 3.05) is 20.3 Å². The second-order valence-electron chi connectivity index (χ2n) is 12.3. The van der Waals surface area contributed by atoms with Gasteiger partial charge in [-0.1, -0.05) is 24.3 Å². The standard InChI is InChI=1S/C32H28F3N7O3/c1-44-30-25(26(19-6-7-19)37-17-38-30)27-36-12-21-8-9-24(43)42(29(21)40-27)13-18-2-4-20(5-3-18)28-39-23(32(33,34)35)14-41(28)22-10-31(11-22)15-45-16-31/h2-5,8-9,12,14,17,19,22H,6-7,10-11,13,15-16H2,1H3. The van der Waals surface area contributed by atoms with Crippen LogP contribution in [-0.4, -0.2) is 54.4 Å². The van der Waals surface area contributed by atoms with Crippen molar-refractivity contribution in [1.29, 1.82) is 0 Å². The zero-order valence-electron chi connectivity index (χ0n) is 24.3. The smallest absolute Gasteiger partial charge is 0.434 e. The summed E-state index contributed by atoms with van der Waals surface area (Å²) in [6, 6.07) is 10.2. The number of pyridine rings is 1. The molecule has 0 atom stereocenters. The number of rotatable bonds is 7. The van der Waals surface area contributed by atoms with E-state index in [9.17, 15) is 18.0 Å². The number of hydrogen-bond donors (Lipinski definition) is 0. The molecular weight excluding hydrogens is 587 g/mol. The van der Waals surface area contributed by atoms with E-state index in [1.165, 1.54) is 19.5 Å². The van der Waals surface area contributed by atoms with Crippen molar-refractivity contribution < 1.29 is 22.6 Å². The number of aromatic nitrogens is 7. The normalized spacial score (nSPS) is 17.8. The van der Waals surface area contributed by atoms with Gasteiger partial charge in [-0.05, 0) is 37.3 Å². The van der Waals surface area contributed by atoms with Gasteiger partial charge in [-0.15, -0.1) is 0 Å². The molecule has 1 saturated heterocycles. The molecule has 1 aromatic carbocycles. The third-order valence-corrected chi connectivity index (χ3v) is 9.07. The molecule has 5 heterocycles. The second-order valence-corrected chi connectivity index (χ2v) is 12.3. The van der Waals surface area contributed by atoms with Gasteiger partial charge in [-0.2, -0.15) is 13.2 Å². The molecule has 230 valence electrons. The number of alkyl halides is 3. The van der Waals surface area contributed by atoms with Crippen LogP contribution >= 0.6 is 0 Å². The molecule has 1 spiro atoms. The number of halogens is 3. The van der Waals surface area contributed by atoms with Crippen LogP contribution in [0.25, 0.3) is 33.8 Å². The molecule has 0 unspecified atom stereocenters. The van der Waals surface area contributed by atoms with Crippen LogP contribution in [0.4, 0.5) is 13.2 Å². The van der Waals surface area contributed by atoms with E-state index in [0.29, 0.717) is 47.1 Å². The van der Waals surface area contributed by atoms with Crippen LogP contribution in [0.15, 0.2) is 59.9 Å². The summed E-state index contributed by atoms with van der Waals surface area (Å²) in [7, 11) is 1.53. The summed E-state index contributed by atoms with van der Waals surface area (Å²) >= 11 is 0. The van der Waals surface area contributed by atoms with E-state index in [0.717, 1.165) is 43.1 Å². The predicted octanol–water partition coefficient (Wildman–Crippen LogP) is 5.42. The molecule has 5 aromatic rings. The average Bonchev–Trinajstić information content (AvgIpc) is 3.74. The average molecular weight is 616 g/mol. The lowest BCUT2D eigenvalue weighted by Crippen LogP contribution is -2.52. The molecule has 13 heteroatoms. The zero-order chi connectivity index (χ0) is 30.9. The maximum Gasteiger partial charge on any atom is 0.434 e. The predicted molar refractivity (Wildman–Crippen MR) is 157 cm³/mol. The van der Waals surface area contributed by atoms with E-state index in [2.05, 4.69) is 19.9 Å². The Morgan fingerprint density at radius 3 is 2.47 bits per heavy atom. The first kappa shape index (κ1) is 27.9. The van der Waals surface area contributed by atoms with Crippen LogP contribution in [0.1, 0.15) is 54.6 Å². The van der Waals surface area contributed by atoms with Crippen LogP contribution in [0.3, 0.4) is 0 Å². The Kier molecular flexibility index (Phi) is 6.31. The third-order valence-electron chi connectivity index (χ3n) is 9.07. The molecule has 2 saturated carbocycles. The molecule has 45 heavy (non-hydrogen) atoms. The molecule has 0 radical (unpaired) electrons. The molecule has 2 aliphatic carbocycles. The van der Waals surface area contributed by atoms with Gasteiger partial charge in [-0.3, -0.25) is 9.36 Å². The Balaban J connectivity index is 1.13. The van der Waals surface area contributed by atoms with Crippen molar-refractivity contribution in [1.82, 2.24) is 34.1 Å². The van der Waals surface area contributed by atoms with Crippen LogP contribution < -0.4 is 10.3 Å². The van der Waals surface area contributed by atoms with Crippen molar-refractivity contribution in [2.24, 2.45) is 5.41 Å². The van der Waals surface area contributed by atoms with Crippen LogP contribution in [0.5, 0.6) is 5.88 Å². The monoisotopic (exact) mass is 615 g/mol. The summed E-state index contributed by atoms with van der Waals surface area (Å²) in [5, 5.41) is 0.676. The van der Waals surface area contributed by atoms with E-state index in [-0.39, 0.29) is 35.3 Å². The highest BCUT2D eigenvalue weighted by Crippen LogP contribution is 2.54. The number of benzene rings is 1. The number of methoxy groups -OCH3 is 1. The fourth-order valence-electron chi connectivity index (χ4n) is 6.48. The quantitative estimate of drug-likeness (QED) is 0.239. The lowest BCUT2D eigenvalue weighted by atomic mass is 9.64. The van der Waals surface area contributed by atoms with Gasteiger partial charge in [0.05, 0.1) is 32.6 Å². The summed E-state index contributed by atoms with van der Waals surface area (Å²) in [6.45, 7) is 1.50. The Hall–Kier alpha value is -4.65. The first-order chi connectivity index (χ1) is 21.7. The molecule has 0 bridgehead atoms. The maximum atomic E-state index is 13.7. The van der Waals surface area contributed by atoms with Crippen LogP contribution in [0.2, 0.25) is 0 Å². The lowest BCUT2D eigenvalue weighted by Gasteiger charge is -2.53. The second kappa shape index (κ2) is 10.2. The van der Waals surface area contributed by atoms with Gasteiger partial charge in [0.2, 0.25) is 5.88 Å². The highest BCUT2D eigenvalue weighted by molar-refractivity contribution is 5.78. The Morgan fingerprint density at radius 2 is 1.80 bits per heavy atom. The largest absolute Gasteiger partial charge is 0.480 e.